The topological polar surface area (TPSA) is 29.3 Å². The largest absolute Gasteiger partial charge is 0.397 e. The zero-order valence-corrected chi connectivity index (χ0v) is 10.7. The second kappa shape index (κ2) is 4.21. The van der Waals surface area contributed by atoms with Gasteiger partial charge in [-0.15, -0.1) is 11.3 Å². The lowest BCUT2D eigenvalue weighted by Gasteiger charge is -2.28. The van der Waals surface area contributed by atoms with Crippen LogP contribution < -0.4 is 5.73 Å². The van der Waals surface area contributed by atoms with Gasteiger partial charge in [0.15, 0.2) is 0 Å². The van der Waals surface area contributed by atoms with Crippen molar-refractivity contribution in [2.45, 2.75) is 18.8 Å². The normalized spacial score (nSPS) is 20.1. The molecule has 14 heavy (non-hydrogen) atoms. The van der Waals surface area contributed by atoms with Crippen molar-refractivity contribution in [2.24, 2.45) is 0 Å². The number of nitrogen functional groups attached to an aromatic ring is 1. The molecule has 0 unspecified atom stereocenters. The van der Waals surface area contributed by atoms with E-state index >= 15 is 0 Å². The predicted octanol–water partition coefficient (Wildman–Crippen LogP) is 2.90. The van der Waals surface area contributed by atoms with Gasteiger partial charge in [0.1, 0.15) is 0 Å². The van der Waals surface area contributed by atoms with Gasteiger partial charge < -0.3 is 10.6 Å². The van der Waals surface area contributed by atoms with Gasteiger partial charge in [-0.1, -0.05) is 0 Å². The number of nitrogens with two attached hydrogens (primary N) is 1. The minimum atomic E-state index is 0.727. The molecule has 1 aliphatic heterocycles. The van der Waals surface area contributed by atoms with Gasteiger partial charge in [-0.3, -0.25) is 0 Å². The summed E-state index contributed by atoms with van der Waals surface area (Å²) in [4.78, 5) is 3.84. The molecular weight excluding hydrogens is 260 g/mol. The van der Waals surface area contributed by atoms with Gasteiger partial charge in [0.25, 0.3) is 0 Å². The summed E-state index contributed by atoms with van der Waals surface area (Å²) in [5, 5.41) is 0. The van der Waals surface area contributed by atoms with Crippen LogP contribution in [-0.4, -0.2) is 25.0 Å². The first-order valence-corrected chi connectivity index (χ1v) is 6.51. The van der Waals surface area contributed by atoms with Crippen molar-refractivity contribution in [3.8, 4) is 0 Å². The van der Waals surface area contributed by atoms with Crippen molar-refractivity contribution in [1.29, 1.82) is 0 Å². The standard InChI is InChI=1S/C10H15BrN2S/c1-13-4-2-7(3-5-13)9-6-8(12)10(11)14-9/h6-7H,2-5,12H2,1H3. The number of nitrogens with zero attached hydrogens (tertiary/aromatic N) is 1. The molecule has 2 N–H and O–H groups in total. The van der Waals surface area contributed by atoms with Crippen molar-refractivity contribution in [3.05, 3.63) is 14.7 Å². The summed E-state index contributed by atoms with van der Waals surface area (Å²) >= 11 is 5.27. The van der Waals surface area contributed by atoms with E-state index in [9.17, 15) is 0 Å². The smallest absolute Gasteiger partial charge is 0.0930 e. The molecule has 78 valence electrons. The SMILES string of the molecule is CN1CCC(c2cc(N)c(Br)s2)CC1. The summed E-state index contributed by atoms with van der Waals surface area (Å²) in [7, 11) is 2.19. The molecule has 2 rings (SSSR count). The fourth-order valence-electron chi connectivity index (χ4n) is 1.90. The van der Waals surface area contributed by atoms with Gasteiger partial charge in [-0.05, 0) is 60.9 Å². The molecule has 0 bridgehead atoms. The second-order valence-electron chi connectivity index (χ2n) is 3.96. The first kappa shape index (κ1) is 10.5. The fourth-order valence-corrected chi connectivity index (χ4v) is 3.54. The average Bonchev–Trinajstić information content (AvgIpc) is 2.48. The molecule has 2 nitrogen and oxygen atoms in total. The van der Waals surface area contributed by atoms with E-state index < -0.39 is 0 Å². The van der Waals surface area contributed by atoms with Crippen LogP contribution in [0.5, 0.6) is 0 Å². The van der Waals surface area contributed by atoms with Crippen LogP contribution in [0.4, 0.5) is 5.69 Å². The average molecular weight is 275 g/mol. The number of piperidine rings is 1. The Morgan fingerprint density at radius 2 is 2.14 bits per heavy atom. The van der Waals surface area contributed by atoms with Crippen LogP contribution in [0.3, 0.4) is 0 Å². The Kier molecular flexibility index (Phi) is 3.14. The monoisotopic (exact) mass is 274 g/mol. The number of rotatable bonds is 1. The van der Waals surface area contributed by atoms with Crippen LogP contribution in [0.2, 0.25) is 0 Å². The van der Waals surface area contributed by atoms with E-state index in [2.05, 4.69) is 33.9 Å². The minimum Gasteiger partial charge on any atom is -0.397 e. The zero-order chi connectivity index (χ0) is 10.1. The molecule has 1 aromatic heterocycles. The van der Waals surface area contributed by atoms with E-state index in [-0.39, 0.29) is 0 Å². The zero-order valence-electron chi connectivity index (χ0n) is 8.29. The maximum atomic E-state index is 5.83. The van der Waals surface area contributed by atoms with Gasteiger partial charge >= 0.3 is 0 Å². The third kappa shape index (κ3) is 2.12. The third-order valence-electron chi connectivity index (χ3n) is 2.85. The van der Waals surface area contributed by atoms with E-state index in [1.165, 1.54) is 30.8 Å². The van der Waals surface area contributed by atoms with Gasteiger partial charge in [-0.2, -0.15) is 0 Å². The Morgan fingerprint density at radius 3 is 2.64 bits per heavy atom. The lowest BCUT2D eigenvalue weighted by Crippen LogP contribution is -2.28. The molecule has 1 aliphatic rings. The van der Waals surface area contributed by atoms with E-state index in [1.54, 1.807) is 11.3 Å². The summed E-state index contributed by atoms with van der Waals surface area (Å²) in [5.74, 6) is 0.727. The first-order valence-electron chi connectivity index (χ1n) is 4.90. The number of halogens is 1. The molecule has 0 aliphatic carbocycles. The van der Waals surface area contributed by atoms with Gasteiger partial charge in [-0.25, -0.2) is 0 Å². The summed E-state index contributed by atoms with van der Waals surface area (Å²) in [6.07, 6.45) is 2.53. The molecule has 0 spiro atoms. The quantitative estimate of drug-likeness (QED) is 0.854. The van der Waals surface area contributed by atoms with E-state index in [0.29, 0.717) is 0 Å². The molecule has 0 radical (unpaired) electrons. The van der Waals surface area contributed by atoms with Gasteiger partial charge in [0, 0.05) is 4.88 Å². The van der Waals surface area contributed by atoms with Crippen molar-refractivity contribution in [3.63, 3.8) is 0 Å². The molecule has 4 heteroatoms. The van der Waals surface area contributed by atoms with E-state index in [0.717, 1.165) is 15.4 Å². The van der Waals surface area contributed by atoms with Crippen molar-refractivity contribution >= 4 is 33.0 Å². The number of anilines is 1. The highest BCUT2D eigenvalue weighted by atomic mass is 79.9. The van der Waals surface area contributed by atoms with Crippen LogP contribution in [0, 0.1) is 0 Å². The van der Waals surface area contributed by atoms with Gasteiger partial charge in [0.05, 0.1) is 9.47 Å². The maximum Gasteiger partial charge on any atom is 0.0930 e. The Hall–Kier alpha value is -0.0600. The van der Waals surface area contributed by atoms with Crippen LogP contribution in [-0.2, 0) is 0 Å². The number of hydrogen-bond donors (Lipinski definition) is 1. The Balaban J connectivity index is 2.08. The molecule has 1 aromatic rings. The van der Waals surface area contributed by atoms with Crippen molar-refractivity contribution in [1.82, 2.24) is 4.90 Å². The maximum absolute atomic E-state index is 5.83. The molecule has 1 saturated heterocycles. The lowest BCUT2D eigenvalue weighted by molar-refractivity contribution is 0.257. The number of thiophene rings is 1. The van der Waals surface area contributed by atoms with Crippen molar-refractivity contribution in [2.75, 3.05) is 25.9 Å². The van der Waals surface area contributed by atoms with Crippen LogP contribution in [0.15, 0.2) is 9.85 Å². The highest BCUT2D eigenvalue weighted by Gasteiger charge is 2.20. The highest BCUT2D eigenvalue weighted by Crippen LogP contribution is 2.38. The summed E-state index contributed by atoms with van der Waals surface area (Å²) in [6, 6.07) is 2.13. The summed E-state index contributed by atoms with van der Waals surface area (Å²) in [6.45, 7) is 2.42. The lowest BCUT2D eigenvalue weighted by atomic mass is 9.95. The third-order valence-corrected chi connectivity index (χ3v) is 4.90. The van der Waals surface area contributed by atoms with Crippen LogP contribution in [0.25, 0.3) is 0 Å². The molecule has 0 saturated carbocycles. The van der Waals surface area contributed by atoms with Crippen LogP contribution >= 0.6 is 27.3 Å². The Morgan fingerprint density at radius 1 is 1.50 bits per heavy atom. The van der Waals surface area contributed by atoms with E-state index in [1.807, 2.05) is 0 Å². The Labute approximate surface area is 97.2 Å². The molecular formula is C10H15BrN2S. The molecule has 0 amide bonds. The second-order valence-corrected chi connectivity index (χ2v) is 6.36. The molecule has 0 atom stereocenters. The molecule has 0 aromatic carbocycles. The predicted molar refractivity (Wildman–Crippen MR) is 65.9 cm³/mol. The minimum absolute atomic E-state index is 0.727. The summed E-state index contributed by atoms with van der Waals surface area (Å²) in [5.41, 5.74) is 6.72. The van der Waals surface area contributed by atoms with Gasteiger partial charge in [0.2, 0.25) is 0 Å². The number of hydrogen-bond acceptors (Lipinski definition) is 3. The molecule has 2 heterocycles. The fraction of sp³-hybridized carbons (Fsp3) is 0.600. The van der Waals surface area contributed by atoms with Crippen LogP contribution in [0.1, 0.15) is 23.6 Å². The van der Waals surface area contributed by atoms with E-state index in [4.69, 9.17) is 5.73 Å². The Bertz CT molecular complexity index is 296. The first-order chi connectivity index (χ1) is 6.66. The number of likely N-dealkylation sites (tertiary alicyclic amines) is 1. The summed E-state index contributed by atoms with van der Waals surface area (Å²) < 4.78 is 1.09. The highest BCUT2D eigenvalue weighted by molar-refractivity contribution is 9.11. The molecule has 1 fully saturated rings. The van der Waals surface area contributed by atoms with Crippen molar-refractivity contribution < 1.29 is 0 Å².